The molecule has 1 aliphatic heterocycles. The van der Waals surface area contributed by atoms with Crippen LogP contribution in [0.2, 0.25) is 5.02 Å². The zero-order valence-electron chi connectivity index (χ0n) is 18.5. The third-order valence-electron chi connectivity index (χ3n) is 5.57. The Bertz CT molecular complexity index is 829. The van der Waals surface area contributed by atoms with E-state index < -0.39 is 0 Å². The molecule has 8 heteroatoms. The number of nitrogens with one attached hydrogen (secondary N) is 2. The lowest BCUT2D eigenvalue weighted by Crippen LogP contribution is -2.51. The molecular weight excluding hydrogens is 414 g/mol. The van der Waals surface area contributed by atoms with Crippen molar-refractivity contribution in [1.29, 1.82) is 0 Å². The van der Waals surface area contributed by atoms with Crippen LogP contribution >= 0.6 is 11.6 Å². The molecule has 31 heavy (non-hydrogen) atoms. The van der Waals surface area contributed by atoms with Crippen molar-refractivity contribution in [2.45, 2.75) is 24.8 Å². The normalized spacial score (nSPS) is 19.3. The topological polar surface area (TPSA) is 69.7 Å². The number of amides is 2. The van der Waals surface area contributed by atoms with Crippen LogP contribution in [0.4, 0.5) is 10.5 Å². The highest BCUT2D eigenvalue weighted by Gasteiger charge is 2.32. The fourth-order valence-electron chi connectivity index (χ4n) is 3.91. The van der Waals surface area contributed by atoms with Crippen LogP contribution in [0.3, 0.4) is 0 Å². The Morgan fingerprint density at radius 1 is 1.26 bits per heavy atom. The molecule has 7 nitrogen and oxygen atoms in total. The number of hydrogen-bond donors (Lipinski definition) is 2. The lowest BCUT2D eigenvalue weighted by Gasteiger charge is -2.38. The van der Waals surface area contributed by atoms with E-state index in [4.69, 9.17) is 16.3 Å². The number of aromatic nitrogens is 1. The van der Waals surface area contributed by atoms with Crippen molar-refractivity contribution in [1.82, 2.24) is 20.1 Å². The second kappa shape index (κ2) is 11.3. The van der Waals surface area contributed by atoms with Crippen LogP contribution in [0.15, 0.2) is 42.6 Å². The summed E-state index contributed by atoms with van der Waals surface area (Å²) in [5.41, 5.74) is 1.68. The molecule has 0 radical (unpaired) electrons. The molecule has 0 unspecified atom stereocenters. The van der Waals surface area contributed by atoms with E-state index in [0.29, 0.717) is 10.7 Å². The number of benzene rings is 1. The maximum absolute atomic E-state index is 12.7. The molecular formula is C23H32ClN5O2. The van der Waals surface area contributed by atoms with E-state index in [2.05, 4.69) is 39.5 Å². The number of anilines is 1. The predicted octanol–water partition coefficient (Wildman–Crippen LogP) is 3.67. The van der Waals surface area contributed by atoms with Crippen molar-refractivity contribution < 1.29 is 9.53 Å². The molecule has 1 aromatic heterocycles. The molecule has 1 fully saturated rings. The summed E-state index contributed by atoms with van der Waals surface area (Å²) < 4.78 is 5.25. The second-order valence-corrected chi connectivity index (χ2v) is 8.62. The summed E-state index contributed by atoms with van der Waals surface area (Å²) in [5, 5.41) is 6.70. The first kappa shape index (κ1) is 23.3. The van der Waals surface area contributed by atoms with Crippen molar-refractivity contribution in [3.8, 4) is 5.75 Å². The summed E-state index contributed by atoms with van der Waals surface area (Å²) in [5.74, 6) is 0.836. The number of likely N-dealkylation sites (tertiary alicyclic amines) is 1. The Labute approximate surface area is 189 Å². The van der Waals surface area contributed by atoms with Gasteiger partial charge < -0.3 is 25.2 Å². The van der Waals surface area contributed by atoms with Gasteiger partial charge >= 0.3 is 6.03 Å². The number of urea groups is 1. The van der Waals surface area contributed by atoms with Crippen molar-refractivity contribution in [2.75, 3.05) is 52.7 Å². The van der Waals surface area contributed by atoms with Gasteiger partial charge in [-0.15, -0.1) is 0 Å². The molecule has 2 amide bonds. The van der Waals surface area contributed by atoms with Crippen molar-refractivity contribution >= 4 is 23.3 Å². The minimum atomic E-state index is -0.216. The number of ether oxygens (including phenoxy) is 1. The van der Waals surface area contributed by atoms with Gasteiger partial charge in [0, 0.05) is 41.5 Å². The Morgan fingerprint density at radius 2 is 2.03 bits per heavy atom. The van der Waals surface area contributed by atoms with E-state index in [1.54, 1.807) is 37.6 Å². The van der Waals surface area contributed by atoms with E-state index in [1.165, 1.54) is 0 Å². The van der Waals surface area contributed by atoms with Gasteiger partial charge in [0.25, 0.3) is 0 Å². The molecule has 168 valence electrons. The molecule has 2 atom stereocenters. The van der Waals surface area contributed by atoms with Crippen LogP contribution in [0.1, 0.15) is 24.5 Å². The minimum absolute atomic E-state index is 0.00158. The van der Waals surface area contributed by atoms with Gasteiger partial charge in [-0.1, -0.05) is 11.6 Å². The van der Waals surface area contributed by atoms with Gasteiger partial charge in [0.15, 0.2) is 0 Å². The van der Waals surface area contributed by atoms with Crippen LogP contribution in [0.25, 0.3) is 0 Å². The average molecular weight is 446 g/mol. The molecule has 2 heterocycles. The quantitative estimate of drug-likeness (QED) is 0.648. The van der Waals surface area contributed by atoms with E-state index >= 15 is 0 Å². The number of hydrogen-bond acceptors (Lipinski definition) is 5. The van der Waals surface area contributed by atoms with Crippen LogP contribution in [-0.4, -0.2) is 74.2 Å². The fraction of sp³-hybridized carbons (Fsp3) is 0.478. The SMILES string of the molecule is COc1ccc([C@@H]2CN(CCCN(C)C)CC[C@H]2NC(=O)Nc2ccc(Cl)cc2)nc1. The smallest absolute Gasteiger partial charge is 0.319 e. The number of pyridine rings is 1. The molecule has 1 aromatic carbocycles. The average Bonchev–Trinajstić information content (AvgIpc) is 2.76. The van der Waals surface area contributed by atoms with Gasteiger partial charge in [-0.3, -0.25) is 4.98 Å². The predicted molar refractivity (Wildman–Crippen MR) is 125 cm³/mol. The Hall–Kier alpha value is -2.35. The number of nitrogens with zero attached hydrogens (tertiary/aromatic N) is 3. The molecule has 0 spiro atoms. The second-order valence-electron chi connectivity index (χ2n) is 8.19. The first-order chi connectivity index (χ1) is 14.9. The highest BCUT2D eigenvalue weighted by molar-refractivity contribution is 6.30. The number of rotatable bonds is 8. The summed E-state index contributed by atoms with van der Waals surface area (Å²) in [4.78, 5) is 22.0. The maximum Gasteiger partial charge on any atom is 0.319 e. The molecule has 1 aliphatic rings. The first-order valence-electron chi connectivity index (χ1n) is 10.6. The number of methoxy groups -OCH3 is 1. The van der Waals surface area contributed by atoms with Crippen LogP contribution in [0, 0.1) is 0 Å². The van der Waals surface area contributed by atoms with Gasteiger partial charge in [-0.05, 0) is 76.4 Å². The summed E-state index contributed by atoms with van der Waals surface area (Å²) in [6.07, 6.45) is 3.73. The molecule has 1 saturated heterocycles. The Kier molecular flexibility index (Phi) is 8.51. The zero-order valence-corrected chi connectivity index (χ0v) is 19.2. The van der Waals surface area contributed by atoms with E-state index in [1.807, 2.05) is 12.1 Å². The number of carbonyl (C=O) groups is 1. The van der Waals surface area contributed by atoms with Gasteiger partial charge in [0.2, 0.25) is 0 Å². The van der Waals surface area contributed by atoms with Gasteiger partial charge in [-0.25, -0.2) is 4.79 Å². The fourth-order valence-corrected chi connectivity index (χ4v) is 4.03. The summed E-state index contributed by atoms with van der Waals surface area (Å²) in [7, 11) is 5.83. The Balaban J connectivity index is 1.67. The lowest BCUT2D eigenvalue weighted by molar-refractivity contribution is 0.167. The highest BCUT2D eigenvalue weighted by atomic mass is 35.5. The lowest BCUT2D eigenvalue weighted by atomic mass is 9.88. The molecule has 3 rings (SSSR count). The largest absolute Gasteiger partial charge is 0.495 e. The van der Waals surface area contributed by atoms with Crippen molar-refractivity contribution in [3.05, 3.63) is 53.3 Å². The third-order valence-corrected chi connectivity index (χ3v) is 5.82. The van der Waals surface area contributed by atoms with Crippen LogP contribution < -0.4 is 15.4 Å². The third kappa shape index (κ3) is 7.09. The number of carbonyl (C=O) groups excluding carboxylic acids is 1. The summed E-state index contributed by atoms with van der Waals surface area (Å²) in [6, 6.07) is 10.8. The van der Waals surface area contributed by atoms with E-state index in [0.717, 1.165) is 50.5 Å². The van der Waals surface area contributed by atoms with Crippen LogP contribution in [-0.2, 0) is 0 Å². The van der Waals surface area contributed by atoms with Crippen molar-refractivity contribution in [2.24, 2.45) is 0 Å². The van der Waals surface area contributed by atoms with E-state index in [9.17, 15) is 4.79 Å². The maximum atomic E-state index is 12.7. The standard InChI is InChI=1S/C23H32ClN5O2/c1-28(2)12-4-13-29-14-11-22(20(16-29)21-10-9-19(31-3)15-25-21)27-23(30)26-18-7-5-17(24)6-8-18/h5-10,15,20,22H,4,11-14,16H2,1-3H3,(H2,26,27,30)/t20-,22+/m0/s1. The van der Waals surface area contributed by atoms with Gasteiger partial charge in [0.05, 0.1) is 13.3 Å². The monoisotopic (exact) mass is 445 g/mol. The molecule has 2 aromatic rings. The highest BCUT2D eigenvalue weighted by Crippen LogP contribution is 2.27. The van der Waals surface area contributed by atoms with Crippen LogP contribution in [0.5, 0.6) is 5.75 Å². The first-order valence-corrected chi connectivity index (χ1v) is 11.0. The molecule has 0 aliphatic carbocycles. The number of piperidine rings is 1. The summed E-state index contributed by atoms with van der Waals surface area (Å²) >= 11 is 5.93. The zero-order chi connectivity index (χ0) is 22.2. The summed E-state index contributed by atoms with van der Waals surface area (Å²) in [6.45, 7) is 3.91. The minimum Gasteiger partial charge on any atom is -0.495 e. The molecule has 2 N–H and O–H groups in total. The van der Waals surface area contributed by atoms with Crippen molar-refractivity contribution in [3.63, 3.8) is 0 Å². The molecule has 0 bridgehead atoms. The van der Waals surface area contributed by atoms with Gasteiger partial charge in [0.1, 0.15) is 5.75 Å². The number of halogens is 1. The van der Waals surface area contributed by atoms with Gasteiger partial charge in [-0.2, -0.15) is 0 Å². The molecule has 0 saturated carbocycles. The Morgan fingerprint density at radius 3 is 2.68 bits per heavy atom. The van der Waals surface area contributed by atoms with E-state index in [-0.39, 0.29) is 18.0 Å².